The van der Waals surface area contributed by atoms with Crippen molar-refractivity contribution in [3.63, 3.8) is 0 Å². The fraction of sp³-hybridized carbons (Fsp3) is 0.471. The molecule has 0 saturated carbocycles. The molecule has 0 radical (unpaired) electrons. The zero-order valence-corrected chi connectivity index (χ0v) is 13.2. The van der Waals surface area contributed by atoms with Crippen molar-refractivity contribution in [3.8, 4) is 11.5 Å². The molecule has 20 heavy (non-hydrogen) atoms. The molecule has 0 aliphatic carbocycles. The Bertz CT molecular complexity index is 502. The van der Waals surface area contributed by atoms with Crippen molar-refractivity contribution < 1.29 is 14.3 Å². The standard InChI is InChI=1S/C17H24O3/c1-8-14(18)19-13-11-9-10-12(16(2,3)4)15(13)20-17(5,6)7/h8-11H,1H2,2-7H3. The van der Waals surface area contributed by atoms with Gasteiger partial charge in [0.05, 0.1) is 0 Å². The number of hydrogen-bond donors (Lipinski definition) is 0. The van der Waals surface area contributed by atoms with Crippen molar-refractivity contribution in [2.24, 2.45) is 0 Å². The summed E-state index contributed by atoms with van der Waals surface area (Å²) in [7, 11) is 0. The topological polar surface area (TPSA) is 35.5 Å². The molecule has 0 aliphatic rings. The van der Waals surface area contributed by atoms with Gasteiger partial charge in [0, 0.05) is 11.6 Å². The molecule has 0 bridgehead atoms. The average molecular weight is 276 g/mol. The summed E-state index contributed by atoms with van der Waals surface area (Å²) < 4.78 is 11.3. The average Bonchev–Trinajstić information content (AvgIpc) is 2.27. The maximum Gasteiger partial charge on any atom is 0.335 e. The van der Waals surface area contributed by atoms with Gasteiger partial charge in [-0.25, -0.2) is 4.79 Å². The van der Waals surface area contributed by atoms with Gasteiger partial charge in [-0.15, -0.1) is 0 Å². The van der Waals surface area contributed by atoms with Crippen molar-refractivity contribution >= 4 is 5.97 Å². The Morgan fingerprint density at radius 3 is 2.20 bits per heavy atom. The molecule has 1 aromatic carbocycles. The Balaban J connectivity index is 3.36. The van der Waals surface area contributed by atoms with Crippen LogP contribution in [0.1, 0.15) is 47.1 Å². The summed E-state index contributed by atoms with van der Waals surface area (Å²) in [6.07, 6.45) is 1.14. The first-order valence-electron chi connectivity index (χ1n) is 6.71. The third-order valence-electron chi connectivity index (χ3n) is 2.57. The molecule has 1 rings (SSSR count). The fourth-order valence-corrected chi connectivity index (χ4v) is 1.75. The van der Waals surface area contributed by atoms with Gasteiger partial charge < -0.3 is 9.47 Å². The van der Waals surface area contributed by atoms with Crippen LogP contribution in [0, 0.1) is 0 Å². The second-order valence-corrected chi connectivity index (χ2v) is 6.72. The molecular formula is C17H24O3. The Hall–Kier alpha value is -1.77. The van der Waals surface area contributed by atoms with Gasteiger partial charge in [-0.2, -0.15) is 0 Å². The lowest BCUT2D eigenvalue weighted by Gasteiger charge is -2.29. The lowest BCUT2D eigenvalue weighted by molar-refractivity contribution is -0.129. The lowest BCUT2D eigenvalue weighted by Crippen LogP contribution is -2.26. The van der Waals surface area contributed by atoms with Crippen LogP contribution in [0.3, 0.4) is 0 Å². The predicted octanol–water partition coefficient (Wildman–Crippen LogP) is 4.25. The SMILES string of the molecule is C=CC(=O)Oc1cccc(C(C)(C)C)c1OC(C)(C)C. The number of rotatable bonds is 3. The molecule has 0 saturated heterocycles. The van der Waals surface area contributed by atoms with Crippen LogP contribution in [0.4, 0.5) is 0 Å². The maximum atomic E-state index is 11.5. The third-order valence-corrected chi connectivity index (χ3v) is 2.57. The van der Waals surface area contributed by atoms with E-state index in [1.54, 1.807) is 6.07 Å². The highest BCUT2D eigenvalue weighted by Crippen LogP contribution is 2.40. The highest BCUT2D eigenvalue weighted by molar-refractivity contribution is 5.84. The summed E-state index contributed by atoms with van der Waals surface area (Å²) in [4.78, 5) is 11.5. The van der Waals surface area contributed by atoms with E-state index in [4.69, 9.17) is 9.47 Å². The quantitative estimate of drug-likeness (QED) is 0.470. The lowest BCUT2D eigenvalue weighted by atomic mass is 9.86. The number of esters is 1. The fourth-order valence-electron chi connectivity index (χ4n) is 1.75. The number of benzene rings is 1. The third kappa shape index (κ3) is 4.41. The van der Waals surface area contributed by atoms with Crippen LogP contribution in [0.5, 0.6) is 11.5 Å². The zero-order valence-electron chi connectivity index (χ0n) is 13.2. The minimum absolute atomic E-state index is 0.114. The molecule has 0 fully saturated rings. The van der Waals surface area contributed by atoms with E-state index in [2.05, 4.69) is 27.4 Å². The molecule has 0 unspecified atom stereocenters. The van der Waals surface area contributed by atoms with Gasteiger partial charge in [0.25, 0.3) is 0 Å². The molecule has 0 heterocycles. The van der Waals surface area contributed by atoms with Crippen molar-refractivity contribution in [1.82, 2.24) is 0 Å². The van der Waals surface area contributed by atoms with E-state index in [9.17, 15) is 4.79 Å². The van der Waals surface area contributed by atoms with Gasteiger partial charge in [0.2, 0.25) is 0 Å². The Morgan fingerprint density at radius 2 is 1.75 bits per heavy atom. The van der Waals surface area contributed by atoms with Gasteiger partial charge in [-0.1, -0.05) is 39.5 Å². The van der Waals surface area contributed by atoms with Gasteiger partial charge in [-0.3, -0.25) is 0 Å². The minimum atomic E-state index is -0.491. The minimum Gasteiger partial charge on any atom is -0.484 e. The summed E-state index contributed by atoms with van der Waals surface area (Å²) in [5, 5.41) is 0. The Kier molecular flexibility index (Phi) is 4.64. The molecule has 0 aromatic heterocycles. The number of hydrogen-bond acceptors (Lipinski definition) is 3. The van der Waals surface area contributed by atoms with Crippen molar-refractivity contribution in [2.45, 2.75) is 52.6 Å². The second-order valence-electron chi connectivity index (χ2n) is 6.72. The molecular weight excluding hydrogens is 252 g/mol. The number of para-hydroxylation sites is 1. The molecule has 1 aromatic rings. The van der Waals surface area contributed by atoms with Crippen molar-refractivity contribution in [1.29, 1.82) is 0 Å². The van der Waals surface area contributed by atoms with Crippen LogP contribution in [0.25, 0.3) is 0 Å². The van der Waals surface area contributed by atoms with Crippen LogP contribution in [-0.2, 0) is 10.2 Å². The van der Waals surface area contributed by atoms with Crippen LogP contribution < -0.4 is 9.47 Å². The van der Waals surface area contributed by atoms with Gasteiger partial charge in [-0.05, 0) is 32.3 Å². The Morgan fingerprint density at radius 1 is 1.15 bits per heavy atom. The first kappa shape index (κ1) is 16.3. The summed E-state index contributed by atoms with van der Waals surface area (Å²) in [6, 6.07) is 5.59. The normalized spacial score (nSPS) is 11.9. The molecule has 0 N–H and O–H groups in total. The first-order chi connectivity index (χ1) is 9.04. The molecule has 3 nitrogen and oxygen atoms in total. The zero-order chi connectivity index (χ0) is 15.6. The Labute approximate surface area is 121 Å². The van der Waals surface area contributed by atoms with E-state index in [0.29, 0.717) is 11.5 Å². The highest BCUT2D eigenvalue weighted by atomic mass is 16.6. The molecule has 110 valence electrons. The van der Waals surface area contributed by atoms with Gasteiger partial charge in [0.1, 0.15) is 5.60 Å². The molecule has 0 spiro atoms. The van der Waals surface area contributed by atoms with E-state index in [1.165, 1.54) is 0 Å². The van der Waals surface area contributed by atoms with Gasteiger partial charge >= 0.3 is 5.97 Å². The summed E-state index contributed by atoms with van der Waals surface area (Å²) >= 11 is 0. The van der Waals surface area contributed by atoms with Crippen LogP contribution in [0.2, 0.25) is 0 Å². The number of carbonyl (C=O) groups is 1. The molecule has 3 heteroatoms. The summed E-state index contributed by atoms with van der Waals surface area (Å²) in [6.45, 7) is 15.6. The highest BCUT2D eigenvalue weighted by Gasteiger charge is 2.26. The first-order valence-corrected chi connectivity index (χ1v) is 6.71. The monoisotopic (exact) mass is 276 g/mol. The van der Waals surface area contributed by atoms with Crippen LogP contribution in [0.15, 0.2) is 30.9 Å². The van der Waals surface area contributed by atoms with Gasteiger partial charge in [0.15, 0.2) is 11.5 Å². The molecule has 0 aliphatic heterocycles. The van der Waals surface area contributed by atoms with E-state index in [-0.39, 0.29) is 11.0 Å². The van der Waals surface area contributed by atoms with E-state index in [0.717, 1.165) is 11.6 Å². The smallest absolute Gasteiger partial charge is 0.335 e. The predicted molar refractivity (Wildman–Crippen MR) is 81.4 cm³/mol. The largest absolute Gasteiger partial charge is 0.484 e. The summed E-state index contributed by atoms with van der Waals surface area (Å²) in [5.74, 6) is 0.551. The van der Waals surface area contributed by atoms with E-state index < -0.39 is 5.97 Å². The second kappa shape index (κ2) is 5.70. The number of ether oxygens (including phenoxy) is 2. The molecule has 0 atom stereocenters. The van der Waals surface area contributed by atoms with Crippen molar-refractivity contribution in [2.75, 3.05) is 0 Å². The molecule has 0 amide bonds. The number of carbonyl (C=O) groups excluding carboxylic acids is 1. The maximum absolute atomic E-state index is 11.5. The summed E-state index contributed by atoms with van der Waals surface area (Å²) in [5.41, 5.74) is 0.509. The van der Waals surface area contributed by atoms with E-state index in [1.807, 2.05) is 32.9 Å². The van der Waals surface area contributed by atoms with Crippen LogP contribution >= 0.6 is 0 Å². The van der Waals surface area contributed by atoms with E-state index >= 15 is 0 Å². The van der Waals surface area contributed by atoms with Crippen LogP contribution in [-0.4, -0.2) is 11.6 Å². The van der Waals surface area contributed by atoms with Crippen molar-refractivity contribution in [3.05, 3.63) is 36.4 Å².